The smallest absolute Gasteiger partial charge is 0.327 e. The van der Waals surface area contributed by atoms with Crippen LogP contribution in [0.1, 0.15) is 30.2 Å². The maximum absolute atomic E-state index is 13.4. The number of carbonyl (C=O) groups excluding carboxylic acids is 1. The fraction of sp³-hybridized carbons (Fsp3) is 0.464. The molecule has 3 heterocycles. The largest absolute Gasteiger partial charge is 0.480 e. The Hall–Kier alpha value is -2.82. The summed E-state index contributed by atoms with van der Waals surface area (Å²) in [4.78, 5) is 34.5. The maximum Gasteiger partial charge on any atom is 0.327 e. The van der Waals surface area contributed by atoms with Gasteiger partial charge in [0.05, 0.1) is 13.1 Å². The third kappa shape index (κ3) is 7.61. The summed E-state index contributed by atoms with van der Waals surface area (Å²) in [6.45, 7) is 13.4. The lowest BCUT2D eigenvalue weighted by molar-refractivity contribution is -0.153. The number of nitrogens with zero attached hydrogens (tertiary/aromatic N) is 4. The molecule has 2 aliphatic heterocycles. The van der Waals surface area contributed by atoms with E-state index in [0.29, 0.717) is 16.5 Å². The number of likely N-dealkylation sites (N-methyl/N-ethyl adjacent to an activating group) is 1. The molecular formula is C28H38N4O4S2. The van der Waals surface area contributed by atoms with Gasteiger partial charge >= 0.3 is 5.97 Å². The van der Waals surface area contributed by atoms with E-state index in [0.717, 1.165) is 47.8 Å². The van der Waals surface area contributed by atoms with Crippen LogP contribution in [0.25, 0.3) is 0 Å². The lowest BCUT2D eigenvalue weighted by Gasteiger charge is -2.38. The van der Waals surface area contributed by atoms with Crippen molar-refractivity contribution in [1.82, 2.24) is 14.1 Å². The van der Waals surface area contributed by atoms with Crippen molar-refractivity contribution in [2.24, 2.45) is 10.9 Å². The van der Waals surface area contributed by atoms with Gasteiger partial charge in [-0.2, -0.15) is 0 Å². The van der Waals surface area contributed by atoms with Crippen molar-refractivity contribution in [3.63, 3.8) is 0 Å². The molecule has 38 heavy (non-hydrogen) atoms. The van der Waals surface area contributed by atoms with Crippen LogP contribution in [0.3, 0.4) is 0 Å². The van der Waals surface area contributed by atoms with Crippen LogP contribution in [0, 0.1) is 12.8 Å². The van der Waals surface area contributed by atoms with E-state index in [1.54, 1.807) is 12.2 Å². The zero-order valence-electron chi connectivity index (χ0n) is 22.5. The molecule has 3 unspecified atom stereocenters. The first-order valence-electron chi connectivity index (χ1n) is 12.8. The van der Waals surface area contributed by atoms with Crippen molar-refractivity contribution in [3.8, 4) is 0 Å². The molecule has 1 amide bonds. The minimum absolute atomic E-state index is 0.0137. The summed E-state index contributed by atoms with van der Waals surface area (Å²) < 4.78 is 15.5. The van der Waals surface area contributed by atoms with E-state index in [1.807, 2.05) is 38.3 Å². The number of hydrogen-bond acceptors (Lipinski definition) is 6. The number of carbonyl (C=O) groups is 2. The number of carboxylic acids is 1. The average molecular weight is 559 g/mol. The Bertz CT molecular complexity index is 1170. The zero-order chi connectivity index (χ0) is 27.8. The van der Waals surface area contributed by atoms with E-state index >= 15 is 0 Å². The van der Waals surface area contributed by atoms with Crippen LogP contribution < -0.4 is 0 Å². The summed E-state index contributed by atoms with van der Waals surface area (Å²) in [5.74, 6) is -0.101. The number of aryl methyl sites for hydroxylation is 2. The highest BCUT2D eigenvalue weighted by molar-refractivity contribution is 7.85. The van der Waals surface area contributed by atoms with Crippen LogP contribution in [0.5, 0.6) is 0 Å². The Balaban J connectivity index is 1.70. The molecule has 2 aliphatic rings. The van der Waals surface area contributed by atoms with Crippen molar-refractivity contribution >= 4 is 40.0 Å². The van der Waals surface area contributed by atoms with Gasteiger partial charge in [-0.05, 0) is 42.9 Å². The van der Waals surface area contributed by atoms with Gasteiger partial charge in [0.15, 0.2) is 0 Å². The molecule has 0 aliphatic carbocycles. The Morgan fingerprint density at radius 2 is 2.16 bits per heavy atom. The molecule has 0 spiro atoms. The summed E-state index contributed by atoms with van der Waals surface area (Å²) >= 11 is 1.47. The number of rotatable bonds is 13. The highest BCUT2D eigenvalue weighted by atomic mass is 32.2. The van der Waals surface area contributed by atoms with Gasteiger partial charge in [-0.3, -0.25) is 9.79 Å². The Morgan fingerprint density at radius 3 is 2.79 bits per heavy atom. The molecular weight excluding hydrogens is 520 g/mol. The number of amides is 1. The van der Waals surface area contributed by atoms with Crippen LogP contribution in [-0.2, 0) is 27.0 Å². The quantitative estimate of drug-likeness (QED) is 0.293. The summed E-state index contributed by atoms with van der Waals surface area (Å²) in [5, 5.41) is 9.98. The molecule has 1 N–H and O–H groups in total. The van der Waals surface area contributed by atoms with Gasteiger partial charge in [-0.25, -0.2) is 13.3 Å². The number of aliphatic imine (C=N–C) groups is 1. The van der Waals surface area contributed by atoms with Gasteiger partial charge in [0, 0.05) is 38.0 Å². The van der Waals surface area contributed by atoms with Crippen LogP contribution in [0.4, 0.5) is 0 Å². The molecule has 8 nitrogen and oxygen atoms in total. The number of allylic oxidation sites excluding steroid dienone is 3. The minimum Gasteiger partial charge on any atom is -0.480 e. The highest BCUT2D eigenvalue weighted by Crippen LogP contribution is 2.29. The van der Waals surface area contributed by atoms with Crippen LogP contribution in [-0.4, -0.2) is 86.9 Å². The SMILES string of the molecule is C=C/C=C(\C=C/CC1=NCCN1C)CN1C(=O)CN(S(=O)c2cc(C)c(CCC(C)C=C)s2)CC1C(=O)O. The molecule has 3 atom stereocenters. The molecule has 206 valence electrons. The molecule has 1 saturated heterocycles. The van der Waals surface area contributed by atoms with Crippen LogP contribution >= 0.6 is 11.3 Å². The normalized spacial score (nSPS) is 20.6. The average Bonchev–Trinajstić information content (AvgIpc) is 3.47. The second-order valence-corrected chi connectivity index (χ2v) is 12.5. The number of aliphatic carboxylic acids is 1. The summed E-state index contributed by atoms with van der Waals surface area (Å²) in [6, 6.07) is 0.782. The molecule has 0 bridgehead atoms. The van der Waals surface area contributed by atoms with Gasteiger partial charge in [0.25, 0.3) is 0 Å². The molecule has 1 aromatic heterocycles. The van der Waals surface area contributed by atoms with Gasteiger partial charge in [-0.1, -0.05) is 43.9 Å². The highest BCUT2D eigenvalue weighted by Gasteiger charge is 2.39. The number of thiophene rings is 1. The van der Waals surface area contributed by atoms with Crippen molar-refractivity contribution in [1.29, 1.82) is 0 Å². The van der Waals surface area contributed by atoms with E-state index in [4.69, 9.17) is 0 Å². The van der Waals surface area contributed by atoms with Crippen molar-refractivity contribution < 1.29 is 18.9 Å². The van der Waals surface area contributed by atoms with E-state index in [1.165, 1.54) is 20.5 Å². The Kier molecular flexibility index (Phi) is 10.8. The monoisotopic (exact) mass is 558 g/mol. The Morgan fingerprint density at radius 1 is 1.39 bits per heavy atom. The second kappa shape index (κ2) is 13.8. The summed E-state index contributed by atoms with van der Waals surface area (Å²) in [7, 11) is 0.385. The van der Waals surface area contributed by atoms with E-state index in [-0.39, 0.29) is 25.5 Å². The van der Waals surface area contributed by atoms with Crippen molar-refractivity contribution in [2.45, 2.75) is 43.4 Å². The Labute approximate surface area is 232 Å². The third-order valence-electron chi connectivity index (χ3n) is 6.79. The summed E-state index contributed by atoms with van der Waals surface area (Å²) in [5.41, 5.74) is 1.83. The minimum atomic E-state index is -1.62. The number of amidine groups is 1. The van der Waals surface area contributed by atoms with E-state index in [2.05, 4.69) is 30.0 Å². The van der Waals surface area contributed by atoms with Gasteiger partial charge in [0.2, 0.25) is 5.91 Å². The fourth-order valence-corrected chi connectivity index (χ4v) is 7.22. The predicted molar refractivity (Wildman–Crippen MR) is 155 cm³/mol. The lowest BCUT2D eigenvalue weighted by atomic mass is 10.0. The van der Waals surface area contributed by atoms with Crippen LogP contribution in [0.2, 0.25) is 0 Å². The predicted octanol–water partition coefficient (Wildman–Crippen LogP) is 3.83. The molecule has 0 radical (unpaired) electrons. The van der Waals surface area contributed by atoms with Gasteiger partial charge in [0.1, 0.15) is 27.1 Å². The first-order chi connectivity index (χ1) is 18.1. The second-order valence-electron chi connectivity index (χ2n) is 9.67. The molecule has 0 saturated carbocycles. The topological polar surface area (TPSA) is 93.5 Å². The van der Waals surface area contributed by atoms with E-state index < -0.39 is 23.0 Å². The van der Waals surface area contributed by atoms with Gasteiger partial charge < -0.3 is 14.9 Å². The lowest BCUT2D eigenvalue weighted by Crippen LogP contribution is -2.59. The number of carboxylic acid groups (broad SMARTS) is 1. The third-order valence-corrected chi connectivity index (χ3v) is 9.77. The maximum atomic E-state index is 13.4. The van der Waals surface area contributed by atoms with E-state index in [9.17, 15) is 18.9 Å². The summed E-state index contributed by atoms with van der Waals surface area (Å²) in [6.07, 6.45) is 11.6. The standard InChI is InChI=1S/C28H38N4O4S2/c1-6-9-22(10-8-11-25-29-14-15-30(25)5)17-32-23(28(34)35)18-31(19-26(32)33)38(36)27-16-21(4)24(37-27)13-12-20(3)7-2/h6-10,16,20,23H,1-2,11-15,17-19H2,3-5H3,(H,34,35)/b10-8-,22-9+. The first kappa shape index (κ1) is 29.7. The molecule has 1 aromatic rings. The van der Waals surface area contributed by atoms with Crippen molar-refractivity contribution in [2.75, 3.05) is 39.8 Å². The van der Waals surface area contributed by atoms with Crippen molar-refractivity contribution in [3.05, 3.63) is 65.6 Å². The molecule has 3 rings (SSSR count). The zero-order valence-corrected chi connectivity index (χ0v) is 24.1. The number of piperazine rings is 1. The fourth-order valence-electron chi connectivity index (χ4n) is 4.36. The molecule has 0 aromatic carbocycles. The molecule has 1 fully saturated rings. The van der Waals surface area contributed by atoms with Crippen LogP contribution in [0.15, 0.2) is 64.4 Å². The first-order valence-corrected chi connectivity index (χ1v) is 14.7. The molecule has 10 heteroatoms. The van der Waals surface area contributed by atoms with Gasteiger partial charge in [-0.15, -0.1) is 17.9 Å². The number of hydrogen-bond donors (Lipinski definition) is 1.